The van der Waals surface area contributed by atoms with E-state index in [2.05, 4.69) is 6.92 Å². The lowest BCUT2D eigenvalue weighted by molar-refractivity contribution is -0.173. The summed E-state index contributed by atoms with van der Waals surface area (Å²) >= 11 is 0. The topological polar surface area (TPSA) is 55.5 Å². The van der Waals surface area contributed by atoms with E-state index in [4.69, 9.17) is 10.5 Å². The quantitative estimate of drug-likeness (QED) is 0.831. The molecule has 118 valence electrons. The van der Waals surface area contributed by atoms with Gasteiger partial charge >= 0.3 is 0 Å². The first kappa shape index (κ1) is 16.3. The molecule has 0 spiro atoms. The van der Waals surface area contributed by atoms with Gasteiger partial charge in [0.1, 0.15) is 0 Å². The zero-order valence-corrected chi connectivity index (χ0v) is 13.2. The highest BCUT2D eigenvalue weighted by Gasteiger charge is 2.50. The van der Waals surface area contributed by atoms with Crippen molar-refractivity contribution in [2.45, 2.75) is 89.3 Å². The van der Waals surface area contributed by atoms with Gasteiger partial charge in [-0.2, -0.15) is 0 Å². The lowest BCUT2D eigenvalue weighted by Gasteiger charge is -2.51. The number of hydrogen-bond acceptors (Lipinski definition) is 3. The van der Waals surface area contributed by atoms with E-state index in [0.717, 1.165) is 38.5 Å². The van der Waals surface area contributed by atoms with Crippen molar-refractivity contribution in [3.8, 4) is 0 Å². The standard InChI is InChI=1S/C17H33NO2/c1-2-8-15-13-17(19,11-12-20-15)16(14-18)9-6-4-3-5-7-10-16/h15,19H,2-14,18H2,1H3. The predicted molar refractivity (Wildman–Crippen MR) is 82.6 cm³/mol. The lowest BCUT2D eigenvalue weighted by Crippen LogP contribution is -2.57. The van der Waals surface area contributed by atoms with Gasteiger partial charge < -0.3 is 15.6 Å². The van der Waals surface area contributed by atoms with Gasteiger partial charge in [-0.1, -0.05) is 45.4 Å². The Bertz CT molecular complexity index is 285. The Hall–Kier alpha value is -0.120. The SMILES string of the molecule is CCCC1CC(O)(C2(CN)CCCCCCC2)CCO1. The van der Waals surface area contributed by atoms with Crippen LogP contribution >= 0.6 is 0 Å². The molecule has 0 amide bonds. The van der Waals surface area contributed by atoms with E-state index in [-0.39, 0.29) is 11.5 Å². The minimum absolute atomic E-state index is 0.0663. The van der Waals surface area contributed by atoms with Crippen LogP contribution in [0.25, 0.3) is 0 Å². The van der Waals surface area contributed by atoms with Gasteiger partial charge in [0.15, 0.2) is 0 Å². The molecular weight excluding hydrogens is 250 g/mol. The van der Waals surface area contributed by atoms with E-state index in [1.165, 1.54) is 32.1 Å². The minimum atomic E-state index is -0.600. The van der Waals surface area contributed by atoms with Gasteiger partial charge in [-0.3, -0.25) is 0 Å². The fourth-order valence-corrected chi connectivity index (χ4v) is 4.36. The number of aliphatic hydroxyl groups is 1. The molecule has 2 unspecified atom stereocenters. The van der Waals surface area contributed by atoms with Gasteiger partial charge in [0.05, 0.1) is 11.7 Å². The molecule has 1 saturated carbocycles. The van der Waals surface area contributed by atoms with Gasteiger partial charge in [-0.15, -0.1) is 0 Å². The highest BCUT2D eigenvalue weighted by Crippen LogP contribution is 2.48. The first-order valence-electron chi connectivity index (χ1n) is 8.70. The molecule has 3 nitrogen and oxygen atoms in total. The normalized spacial score (nSPS) is 35.2. The maximum Gasteiger partial charge on any atom is 0.0762 e. The highest BCUT2D eigenvalue weighted by molar-refractivity contribution is 5.02. The van der Waals surface area contributed by atoms with Crippen molar-refractivity contribution in [2.75, 3.05) is 13.2 Å². The third-order valence-electron chi connectivity index (χ3n) is 5.73. The molecule has 0 aromatic carbocycles. The average molecular weight is 283 g/mol. The Morgan fingerprint density at radius 2 is 1.75 bits per heavy atom. The van der Waals surface area contributed by atoms with Gasteiger partial charge in [0.25, 0.3) is 0 Å². The zero-order valence-electron chi connectivity index (χ0n) is 13.2. The second kappa shape index (κ2) is 7.24. The first-order chi connectivity index (χ1) is 9.66. The van der Waals surface area contributed by atoms with Gasteiger partial charge in [0.2, 0.25) is 0 Å². The van der Waals surface area contributed by atoms with Crippen molar-refractivity contribution >= 4 is 0 Å². The van der Waals surface area contributed by atoms with E-state index in [0.29, 0.717) is 13.2 Å². The maximum atomic E-state index is 11.4. The van der Waals surface area contributed by atoms with Crippen LogP contribution in [0.15, 0.2) is 0 Å². The molecule has 1 aliphatic carbocycles. The molecule has 0 aromatic rings. The molecular formula is C17H33NO2. The monoisotopic (exact) mass is 283 g/mol. The van der Waals surface area contributed by atoms with Crippen LogP contribution in [0, 0.1) is 5.41 Å². The van der Waals surface area contributed by atoms with Crippen LogP contribution in [0.3, 0.4) is 0 Å². The third-order valence-corrected chi connectivity index (χ3v) is 5.73. The van der Waals surface area contributed by atoms with Gasteiger partial charge in [-0.05, 0) is 19.3 Å². The molecule has 2 fully saturated rings. The van der Waals surface area contributed by atoms with Crippen molar-refractivity contribution in [3.63, 3.8) is 0 Å². The molecule has 20 heavy (non-hydrogen) atoms. The first-order valence-corrected chi connectivity index (χ1v) is 8.70. The molecule has 0 aromatic heterocycles. The lowest BCUT2D eigenvalue weighted by atomic mass is 9.61. The number of nitrogens with two attached hydrogens (primary N) is 1. The van der Waals surface area contributed by atoms with E-state index >= 15 is 0 Å². The summed E-state index contributed by atoms with van der Waals surface area (Å²) in [5.74, 6) is 0. The van der Waals surface area contributed by atoms with Crippen LogP contribution in [0.2, 0.25) is 0 Å². The molecule has 2 atom stereocenters. The van der Waals surface area contributed by atoms with Crippen molar-refractivity contribution in [1.29, 1.82) is 0 Å². The van der Waals surface area contributed by atoms with Crippen molar-refractivity contribution < 1.29 is 9.84 Å². The zero-order chi connectivity index (χ0) is 14.5. The summed E-state index contributed by atoms with van der Waals surface area (Å²) in [5.41, 5.74) is 5.53. The van der Waals surface area contributed by atoms with E-state index in [9.17, 15) is 5.11 Å². The largest absolute Gasteiger partial charge is 0.389 e. The third kappa shape index (κ3) is 3.37. The molecule has 2 aliphatic rings. The highest BCUT2D eigenvalue weighted by atomic mass is 16.5. The molecule has 0 radical (unpaired) electrons. The number of rotatable bonds is 4. The Morgan fingerprint density at radius 1 is 1.10 bits per heavy atom. The van der Waals surface area contributed by atoms with Gasteiger partial charge in [0, 0.05) is 31.4 Å². The minimum Gasteiger partial charge on any atom is -0.389 e. The van der Waals surface area contributed by atoms with Crippen molar-refractivity contribution in [2.24, 2.45) is 11.1 Å². The van der Waals surface area contributed by atoms with Crippen molar-refractivity contribution in [1.82, 2.24) is 0 Å². The summed E-state index contributed by atoms with van der Waals surface area (Å²) in [6.07, 6.45) is 12.5. The summed E-state index contributed by atoms with van der Waals surface area (Å²) in [5, 5.41) is 11.4. The molecule has 0 bridgehead atoms. The molecule has 3 heteroatoms. The Balaban J connectivity index is 2.13. The Labute approximate surface area is 124 Å². The molecule has 1 heterocycles. The Morgan fingerprint density at radius 3 is 2.35 bits per heavy atom. The van der Waals surface area contributed by atoms with Crippen molar-refractivity contribution in [3.05, 3.63) is 0 Å². The van der Waals surface area contributed by atoms with E-state index < -0.39 is 5.60 Å². The van der Waals surface area contributed by atoms with E-state index in [1.54, 1.807) is 0 Å². The number of ether oxygens (including phenoxy) is 1. The Kier molecular flexibility index (Phi) is 5.88. The van der Waals surface area contributed by atoms with Gasteiger partial charge in [-0.25, -0.2) is 0 Å². The molecule has 1 saturated heterocycles. The summed E-state index contributed by atoms with van der Waals surface area (Å²) < 4.78 is 5.85. The second-order valence-electron chi connectivity index (χ2n) is 7.02. The maximum absolute atomic E-state index is 11.4. The fourth-order valence-electron chi connectivity index (χ4n) is 4.36. The van der Waals surface area contributed by atoms with Crippen LogP contribution in [0.4, 0.5) is 0 Å². The van der Waals surface area contributed by atoms with E-state index in [1.807, 2.05) is 0 Å². The summed E-state index contributed by atoms with van der Waals surface area (Å²) in [7, 11) is 0. The van der Waals surface area contributed by atoms with Crippen LogP contribution in [0.1, 0.15) is 77.6 Å². The fraction of sp³-hybridized carbons (Fsp3) is 1.00. The van der Waals surface area contributed by atoms with Crippen LogP contribution < -0.4 is 5.73 Å². The van der Waals surface area contributed by atoms with Crippen LogP contribution in [0.5, 0.6) is 0 Å². The predicted octanol–water partition coefficient (Wildman–Crippen LogP) is 3.39. The average Bonchev–Trinajstić information content (AvgIpc) is 2.39. The van der Waals surface area contributed by atoms with Crippen LogP contribution in [-0.4, -0.2) is 30.0 Å². The molecule has 1 aliphatic heterocycles. The molecule has 3 N–H and O–H groups in total. The number of hydrogen-bond donors (Lipinski definition) is 2. The second-order valence-corrected chi connectivity index (χ2v) is 7.02. The summed E-state index contributed by atoms with van der Waals surface area (Å²) in [6.45, 7) is 3.51. The van der Waals surface area contributed by atoms with Crippen LogP contribution in [-0.2, 0) is 4.74 Å². The summed E-state index contributed by atoms with van der Waals surface area (Å²) in [4.78, 5) is 0. The smallest absolute Gasteiger partial charge is 0.0762 e. The molecule has 2 rings (SSSR count). The summed E-state index contributed by atoms with van der Waals surface area (Å²) in [6, 6.07) is 0.